The second-order valence-corrected chi connectivity index (χ2v) is 18.6. The van der Waals surface area contributed by atoms with Gasteiger partial charge in [0.15, 0.2) is 6.10 Å². The van der Waals surface area contributed by atoms with Gasteiger partial charge in [-0.2, -0.15) is 0 Å². The number of aliphatic hydroxyl groups excluding tert-OH is 7. The van der Waals surface area contributed by atoms with Crippen LogP contribution in [0.1, 0.15) is 162 Å². The van der Waals surface area contributed by atoms with E-state index in [1.54, 1.807) is 6.08 Å². The van der Waals surface area contributed by atoms with Gasteiger partial charge < -0.3 is 50.1 Å². The van der Waals surface area contributed by atoms with Gasteiger partial charge in [-0.25, -0.2) is 4.57 Å². The van der Waals surface area contributed by atoms with Crippen LogP contribution in [0, 0.1) is 0 Å². The molecule has 1 aliphatic carbocycles. The molecule has 0 amide bonds. The van der Waals surface area contributed by atoms with Crippen LogP contribution in [0.25, 0.3) is 0 Å². The first-order valence-electron chi connectivity index (χ1n) is 25.1. The van der Waals surface area contributed by atoms with Crippen LogP contribution in [0.3, 0.4) is 0 Å². The number of phosphoric acid groups is 1. The molecule has 0 radical (unpaired) electrons. The molecule has 0 aromatic heterocycles. The van der Waals surface area contributed by atoms with Gasteiger partial charge in [-0.1, -0.05) is 144 Å². The van der Waals surface area contributed by atoms with Gasteiger partial charge in [-0.15, -0.1) is 0 Å². The Morgan fingerprint density at radius 1 is 0.529 bits per heavy atom. The number of allylic oxidation sites excluding steroid dienone is 13. The van der Waals surface area contributed by atoms with E-state index < -0.39 is 87.9 Å². The average Bonchev–Trinajstić information content (AvgIpc) is 3.32. The standard InChI is InChI=1S/C52H87O15P/c1-3-5-7-9-11-13-15-17-18-19-20-21-22-23-24-26-28-30-32-34-38-45(55)64-40-42(41-65-68(62,63)67-52-50(60)48(58)47(57)49(59)51(52)61)66-46(56)39-35-37-44(54)43(53)36-33-31-29-27-25-16-14-12-10-8-6-4-2/h6,8,12-15,18-19,21-22,25,27,31,33,42-44,47-54,57-61H,3-5,7,9-11,16-17,20,23-24,26,28-30,32,34-41H2,1-2H3,(H,62,63)/b8-6-,14-12-,15-13-,19-18-,22-21-,27-25-,33-31-/t42-,43-,44-,47?,48-,49+,50-,51-,52?/m1/s1. The Morgan fingerprint density at radius 3 is 1.53 bits per heavy atom. The predicted molar refractivity (Wildman–Crippen MR) is 265 cm³/mol. The highest BCUT2D eigenvalue weighted by atomic mass is 31.2. The van der Waals surface area contributed by atoms with E-state index in [2.05, 4.69) is 74.6 Å². The van der Waals surface area contributed by atoms with Crippen LogP contribution in [0.4, 0.5) is 0 Å². The zero-order valence-electron chi connectivity index (χ0n) is 40.8. The molecule has 0 saturated heterocycles. The normalized spacial score (nSPS) is 22.7. The van der Waals surface area contributed by atoms with Crippen molar-refractivity contribution in [3.63, 3.8) is 0 Å². The fraction of sp³-hybridized carbons (Fsp3) is 0.692. The Balaban J connectivity index is 2.54. The smallest absolute Gasteiger partial charge is 0.462 e. The van der Waals surface area contributed by atoms with Crippen LogP contribution in [-0.2, 0) is 32.7 Å². The molecule has 0 heterocycles. The summed E-state index contributed by atoms with van der Waals surface area (Å²) in [5, 5.41) is 71.1. The summed E-state index contributed by atoms with van der Waals surface area (Å²) in [5.74, 6) is -1.41. The molecule has 15 nitrogen and oxygen atoms in total. The molecule has 0 aliphatic heterocycles. The third kappa shape index (κ3) is 32.0. The molecule has 16 heteroatoms. The van der Waals surface area contributed by atoms with Crippen molar-refractivity contribution >= 4 is 19.8 Å². The Labute approximate surface area is 406 Å². The molecule has 0 spiro atoms. The Kier molecular flexibility index (Phi) is 37.6. The maximum absolute atomic E-state index is 12.9. The minimum absolute atomic E-state index is 0.0602. The fourth-order valence-corrected chi connectivity index (χ4v) is 8.00. The van der Waals surface area contributed by atoms with Crippen LogP contribution >= 0.6 is 7.82 Å². The molecule has 0 aromatic carbocycles. The molecule has 390 valence electrons. The topological polar surface area (TPSA) is 250 Å². The predicted octanol–water partition coefficient (Wildman–Crippen LogP) is 8.39. The van der Waals surface area contributed by atoms with E-state index in [1.165, 1.54) is 25.7 Å². The third-order valence-corrected chi connectivity index (χ3v) is 12.2. The second-order valence-electron chi connectivity index (χ2n) is 17.2. The van der Waals surface area contributed by atoms with Gasteiger partial charge >= 0.3 is 19.8 Å². The van der Waals surface area contributed by atoms with Crippen molar-refractivity contribution in [2.75, 3.05) is 13.2 Å². The molecule has 0 bridgehead atoms. The minimum Gasteiger partial charge on any atom is -0.462 e. The van der Waals surface area contributed by atoms with Crippen LogP contribution < -0.4 is 0 Å². The van der Waals surface area contributed by atoms with E-state index in [4.69, 9.17) is 18.5 Å². The zero-order chi connectivity index (χ0) is 50.3. The summed E-state index contributed by atoms with van der Waals surface area (Å²) in [6.07, 6.45) is 32.0. The molecule has 1 saturated carbocycles. The van der Waals surface area contributed by atoms with Crippen molar-refractivity contribution in [1.82, 2.24) is 0 Å². The highest BCUT2D eigenvalue weighted by molar-refractivity contribution is 7.47. The lowest BCUT2D eigenvalue weighted by Gasteiger charge is -2.41. The third-order valence-electron chi connectivity index (χ3n) is 11.2. The SMILES string of the molecule is CC/C=C\C/C=C\C/C=C\C/C=C\C[C@@H](O)[C@H](O)CCCC(=O)O[C@H](COC(=O)CCCCCCCC/C=C\C/C=C\C/C=C\CCCCCC)COP(=O)(O)OC1[C@H](O)[C@H](O)C(O)[C@H](O)[C@H]1O. The van der Waals surface area contributed by atoms with Crippen molar-refractivity contribution in [2.24, 2.45) is 0 Å². The van der Waals surface area contributed by atoms with Gasteiger partial charge in [0.1, 0.15) is 43.2 Å². The number of aliphatic hydroxyl groups is 7. The van der Waals surface area contributed by atoms with Gasteiger partial charge in [0, 0.05) is 12.8 Å². The molecule has 10 atom stereocenters. The van der Waals surface area contributed by atoms with Crippen molar-refractivity contribution in [3.8, 4) is 0 Å². The lowest BCUT2D eigenvalue weighted by Crippen LogP contribution is -2.64. The van der Waals surface area contributed by atoms with Crippen LogP contribution in [0.5, 0.6) is 0 Å². The Bertz CT molecular complexity index is 1540. The molecule has 68 heavy (non-hydrogen) atoms. The first-order valence-corrected chi connectivity index (χ1v) is 26.6. The largest absolute Gasteiger partial charge is 0.472 e. The first kappa shape index (κ1) is 63.0. The maximum Gasteiger partial charge on any atom is 0.472 e. The molecule has 1 aliphatic rings. The summed E-state index contributed by atoms with van der Waals surface area (Å²) in [7, 11) is -5.21. The lowest BCUT2D eigenvalue weighted by molar-refractivity contribution is -0.220. The molecule has 8 N–H and O–H groups in total. The van der Waals surface area contributed by atoms with Crippen molar-refractivity contribution < 1.29 is 73.3 Å². The highest BCUT2D eigenvalue weighted by Gasteiger charge is 2.51. The molecule has 1 fully saturated rings. The summed E-state index contributed by atoms with van der Waals surface area (Å²) in [5.41, 5.74) is 0. The number of carbonyl (C=O) groups is 2. The monoisotopic (exact) mass is 983 g/mol. The summed E-state index contributed by atoms with van der Waals surface area (Å²) in [4.78, 5) is 35.9. The van der Waals surface area contributed by atoms with Crippen LogP contribution in [-0.4, -0.2) is 121 Å². The van der Waals surface area contributed by atoms with Gasteiger partial charge in [0.25, 0.3) is 0 Å². The number of rotatable bonds is 40. The number of hydrogen-bond acceptors (Lipinski definition) is 14. The van der Waals surface area contributed by atoms with Gasteiger partial charge in [0.2, 0.25) is 0 Å². The molecule has 1 rings (SSSR count). The van der Waals surface area contributed by atoms with Crippen LogP contribution in [0.15, 0.2) is 85.1 Å². The lowest BCUT2D eigenvalue weighted by atomic mass is 9.85. The summed E-state index contributed by atoms with van der Waals surface area (Å²) >= 11 is 0. The summed E-state index contributed by atoms with van der Waals surface area (Å²) < 4.78 is 33.4. The minimum atomic E-state index is -5.21. The van der Waals surface area contributed by atoms with Gasteiger partial charge in [0.05, 0.1) is 18.8 Å². The van der Waals surface area contributed by atoms with E-state index in [9.17, 15) is 54.8 Å². The molecular formula is C52H87O15P. The zero-order valence-corrected chi connectivity index (χ0v) is 41.7. The van der Waals surface area contributed by atoms with Gasteiger partial charge in [-0.3, -0.25) is 18.6 Å². The summed E-state index contributed by atoms with van der Waals surface area (Å²) in [6, 6.07) is 0. The number of esters is 2. The van der Waals surface area contributed by atoms with Crippen molar-refractivity contribution in [2.45, 2.75) is 216 Å². The highest BCUT2D eigenvalue weighted by Crippen LogP contribution is 2.47. The Hall–Kier alpha value is -3.05. The number of ether oxygens (including phenoxy) is 2. The fourth-order valence-electron chi connectivity index (χ4n) is 7.03. The van der Waals surface area contributed by atoms with E-state index in [0.29, 0.717) is 12.8 Å². The van der Waals surface area contributed by atoms with Crippen molar-refractivity contribution in [1.29, 1.82) is 0 Å². The first-order chi connectivity index (χ1) is 32.7. The summed E-state index contributed by atoms with van der Waals surface area (Å²) in [6.45, 7) is 2.91. The number of unbranched alkanes of at least 4 members (excludes halogenated alkanes) is 10. The second kappa shape index (κ2) is 40.7. The van der Waals surface area contributed by atoms with Crippen LogP contribution in [0.2, 0.25) is 0 Å². The van der Waals surface area contributed by atoms with E-state index in [1.807, 2.05) is 18.2 Å². The number of phosphoric ester groups is 1. The quantitative estimate of drug-likeness (QED) is 0.0124. The van der Waals surface area contributed by atoms with Gasteiger partial charge in [-0.05, 0) is 89.9 Å². The Morgan fingerprint density at radius 2 is 0.985 bits per heavy atom. The number of carbonyl (C=O) groups excluding carboxylic acids is 2. The maximum atomic E-state index is 12.9. The van der Waals surface area contributed by atoms with E-state index in [0.717, 1.165) is 77.0 Å². The molecule has 3 unspecified atom stereocenters. The average molecular weight is 983 g/mol. The molecular weight excluding hydrogens is 896 g/mol. The number of hydrogen-bond donors (Lipinski definition) is 8. The molecule has 0 aromatic rings. The van der Waals surface area contributed by atoms with E-state index in [-0.39, 0.29) is 32.1 Å². The van der Waals surface area contributed by atoms with E-state index >= 15 is 0 Å². The van der Waals surface area contributed by atoms with Crippen molar-refractivity contribution in [3.05, 3.63) is 85.1 Å².